The highest BCUT2D eigenvalue weighted by molar-refractivity contribution is 5.87. The maximum Gasteiger partial charge on any atom is 0.166 e. The summed E-state index contributed by atoms with van der Waals surface area (Å²) in [5.41, 5.74) is 4.57. The Kier molecular flexibility index (Phi) is 5.48. The van der Waals surface area contributed by atoms with Gasteiger partial charge in [0.15, 0.2) is 5.76 Å². The lowest BCUT2D eigenvalue weighted by Gasteiger charge is -2.11. The molecule has 5 rings (SSSR count). The Hall–Kier alpha value is -4.20. The van der Waals surface area contributed by atoms with Gasteiger partial charge in [0.2, 0.25) is 0 Å². The van der Waals surface area contributed by atoms with E-state index < -0.39 is 0 Å². The number of rotatable bonds is 7. The van der Waals surface area contributed by atoms with E-state index in [1.165, 1.54) is 12.1 Å². The molecule has 33 heavy (non-hydrogen) atoms. The van der Waals surface area contributed by atoms with Crippen LogP contribution in [0.25, 0.3) is 33.5 Å². The zero-order valence-corrected chi connectivity index (χ0v) is 18.2. The van der Waals surface area contributed by atoms with Gasteiger partial charge in [-0.1, -0.05) is 29.4 Å². The smallest absolute Gasteiger partial charge is 0.166 e. The van der Waals surface area contributed by atoms with Gasteiger partial charge in [-0.3, -0.25) is 0 Å². The SMILES string of the molecule is COc1cc(F)cc2c1cc(C)n2CCNc1cc(-c2ccc(-c3ccno3)cc2)ncn1. The highest BCUT2D eigenvalue weighted by Crippen LogP contribution is 2.30. The first-order valence-electron chi connectivity index (χ1n) is 10.5. The van der Waals surface area contributed by atoms with Crippen LogP contribution < -0.4 is 10.1 Å². The van der Waals surface area contributed by atoms with Crippen molar-refractivity contribution in [2.75, 3.05) is 19.0 Å². The van der Waals surface area contributed by atoms with E-state index in [0.29, 0.717) is 18.8 Å². The van der Waals surface area contributed by atoms with Crippen molar-refractivity contribution in [3.8, 4) is 28.3 Å². The lowest BCUT2D eigenvalue weighted by atomic mass is 10.1. The number of halogens is 1. The Labute approximate surface area is 189 Å². The molecule has 3 heterocycles. The Morgan fingerprint density at radius 1 is 1.03 bits per heavy atom. The van der Waals surface area contributed by atoms with Crippen molar-refractivity contribution < 1.29 is 13.7 Å². The van der Waals surface area contributed by atoms with Gasteiger partial charge in [0.1, 0.15) is 23.7 Å². The predicted molar refractivity (Wildman–Crippen MR) is 125 cm³/mol. The van der Waals surface area contributed by atoms with Gasteiger partial charge in [0, 0.05) is 53.5 Å². The van der Waals surface area contributed by atoms with Crippen LogP contribution in [0.4, 0.5) is 10.2 Å². The van der Waals surface area contributed by atoms with Gasteiger partial charge in [-0.2, -0.15) is 0 Å². The summed E-state index contributed by atoms with van der Waals surface area (Å²) in [5.74, 6) is 1.66. The number of hydrogen-bond donors (Lipinski definition) is 1. The van der Waals surface area contributed by atoms with Crippen LogP contribution in [0.5, 0.6) is 5.75 Å². The molecule has 0 saturated carbocycles. The summed E-state index contributed by atoms with van der Waals surface area (Å²) in [7, 11) is 1.55. The lowest BCUT2D eigenvalue weighted by molar-refractivity contribution is 0.416. The Morgan fingerprint density at radius 2 is 1.85 bits per heavy atom. The second kappa shape index (κ2) is 8.74. The van der Waals surface area contributed by atoms with Crippen LogP contribution in [0.1, 0.15) is 5.69 Å². The van der Waals surface area contributed by atoms with E-state index in [0.717, 1.165) is 45.0 Å². The molecule has 7 nitrogen and oxygen atoms in total. The monoisotopic (exact) mass is 443 g/mol. The van der Waals surface area contributed by atoms with Crippen LogP contribution in [0.15, 0.2) is 71.6 Å². The van der Waals surface area contributed by atoms with Gasteiger partial charge in [-0.05, 0) is 19.1 Å². The van der Waals surface area contributed by atoms with E-state index in [4.69, 9.17) is 9.26 Å². The van der Waals surface area contributed by atoms with E-state index in [1.807, 2.05) is 49.4 Å². The first-order chi connectivity index (χ1) is 16.1. The van der Waals surface area contributed by atoms with Gasteiger partial charge >= 0.3 is 0 Å². The zero-order chi connectivity index (χ0) is 22.8. The fraction of sp³-hybridized carbons (Fsp3) is 0.160. The van der Waals surface area contributed by atoms with Crippen molar-refractivity contribution in [1.82, 2.24) is 19.7 Å². The van der Waals surface area contributed by atoms with E-state index in [-0.39, 0.29) is 5.82 Å². The number of anilines is 1. The molecule has 0 radical (unpaired) electrons. The number of nitrogens with one attached hydrogen (secondary N) is 1. The average Bonchev–Trinajstić information content (AvgIpc) is 3.48. The third-order valence-corrected chi connectivity index (χ3v) is 5.59. The third-order valence-electron chi connectivity index (χ3n) is 5.59. The Balaban J connectivity index is 1.30. The first kappa shape index (κ1) is 20.7. The molecular weight excluding hydrogens is 421 g/mol. The minimum atomic E-state index is -0.318. The van der Waals surface area contributed by atoms with Gasteiger partial charge < -0.3 is 19.1 Å². The molecule has 0 aliphatic rings. The number of aryl methyl sites for hydroxylation is 1. The topological polar surface area (TPSA) is 78.0 Å². The van der Waals surface area contributed by atoms with Crippen molar-refractivity contribution in [2.24, 2.45) is 0 Å². The maximum absolute atomic E-state index is 14.0. The first-order valence-corrected chi connectivity index (χ1v) is 10.5. The highest BCUT2D eigenvalue weighted by atomic mass is 19.1. The molecule has 0 unspecified atom stereocenters. The number of hydrogen-bond acceptors (Lipinski definition) is 6. The standard InChI is InChI=1S/C25H22FN5O2/c1-16-11-20-22(12-19(26)13-24(20)32-2)31(16)10-9-27-25-14-21(28-15-29-25)17-3-5-18(6-4-17)23-7-8-30-33-23/h3-8,11-15H,9-10H2,1-2H3,(H,27,28,29). The largest absolute Gasteiger partial charge is 0.496 e. The maximum atomic E-state index is 14.0. The predicted octanol–water partition coefficient (Wildman–Crippen LogP) is 5.32. The third kappa shape index (κ3) is 4.15. The van der Waals surface area contributed by atoms with Gasteiger partial charge in [-0.15, -0.1) is 0 Å². The molecule has 0 amide bonds. The summed E-state index contributed by atoms with van der Waals surface area (Å²) < 4.78 is 26.6. The average molecular weight is 443 g/mol. The van der Waals surface area contributed by atoms with Crippen LogP contribution in [0, 0.1) is 12.7 Å². The van der Waals surface area contributed by atoms with Crippen LogP contribution in [0.3, 0.4) is 0 Å². The van der Waals surface area contributed by atoms with Gasteiger partial charge in [0.25, 0.3) is 0 Å². The van der Waals surface area contributed by atoms with E-state index in [1.54, 1.807) is 19.6 Å². The molecule has 5 aromatic rings. The van der Waals surface area contributed by atoms with Gasteiger partial charge in [0.05, 0.1) is 24.5 Å². The molecule has 8 heteroatoms. The minimum absolute atomic E-state index is 0.318. The van der Waals surface area contributed by atoms with Crippen LogP contribution in [0.2, 0.25) is 0 Å². The molecule has 0 saturated heterocycles. The number of methoxy groups -OCH3 is 1. The summed E-state index contributed by atoms with van der Waals surface area (Å²) in [6, 6.07) is 16.6. The van der Waals surface area contributed by atoms with E-state index in [9.17, 15) is 4.39 Å². The van der Waals surface area contributed by atoms with Crippen molar-refractivity contribution in [3.05, 3.63) is 78.6 Å². The molecule has 0 aliphatic carbocycles. The number of nitrogens with zero attached hydrogens (tertiary/aromatic N) is 4. The van der Waals surface area contributed by atoms with Crippen LogP contribution in [-0.2, 0) is 6.54 Å². The summed E-state index contributed by atoms with van der Waals surface area (Å²) in [6.07, 6.45) is 3.16. The normalized spacial score (nSPS) is 11.1. The zero-order valence-electron chi connectivity index (χ0n) is 18.2. The molecule has 0 spiro atoms. The van der Waals surface area contributed by atoms with Crippen molar-refractivity contribution in [2.45, 2.75) is 13.5 Å². The van der Waals surface area contributed by atoms with E-state index >= 15 is 0 Å². The second-order valence-corrected chi connectivity index (χ2v) is 7.65. The number of ether oxygens (including phenoxy) is 1. The Bertz CT molecular complexity index is 1390. The molecule has 166 valence electrons. The molecule has 0 bridgehead atoms. The molecule has 2 aromatic carbocycles. The summed E-state index contributed by atoms with van der Waals surface area (Å²) >= 11 is 0. The molecule has 3 aromatic heterocycles. The number of fused-ring (bicyclic) bond motifs is 1. The second-order valence-electron chi connectivity index (χ2n) is 7.65. The number of benzene rings is 2. The minimum Gasteiger partial charge on any atom is -0.496 e. The molecule has 1 N–H and O–H groups in total. The van der Waals surface area contributed by atoms with Gasteiger partial charge in [-0.25, -0.2) is 14.4 Å². The summed E-state index contributed by atoms with van der Waals surface area (Å²) in [4.78, 5) is 8.73. The fourth-order valence-electron chi connectivity index (χ4n) is 3.97. The van der Waals surface area contributed by atoms with Crippen molar-refractivity contribution in [3.63, 3.8) is 0 Å². The summed E-state index contributed by atoms with van der Waals surface area (Å²) in [5, 5.41) is 7.98. The van der Waals surface area contributed by atoms with Crippen LogP contribution in [-0.4, -0.2) is 33.3 Å². The molecular formula is C25H22FN5O2. The number of aromatic nitrogens is 4. The molecule has 0 fully saturated rings. The summed E-state index contributed by atoms with van der Waals surface area (Å²) in [6.45, 7) is 3.26. The Morgan fingerprint density at radius 3 is 2.61 bits per heavy atom. The fourth-order valence-corrected chi connectivity index (χ4v) is 3.97. The quantitative estimate of drug-likeness (QED) is 0.367. The lowest BCUT2D eigenvalue weighted by Crippen LogP contribution is -2.12. The highest BCUT2D eigenvalue weighted by Gasteiger charge is 2.12. The molecule has 0 atom stereocenters. The van der Waals surface area contributed by atoms with Crippen molar-refractivity contribution in [1.29, 1.82) is 0 Å². The van der Waals surface area contributed by atoms with Crippen LogP contribution >= 0.6 is 0 Å². The van der Waals surface area contributed by atoms with E-state index in [2.05, 4.69) is 25.0 Å². The molecule has 0 aliphatic heterocycles. The van der Waals surface area contributed by atoms with Crippen molar-refractivity contribution >= 4 is 16.7 Å².